The van der Waals surface area contributed by atoms with Crippen LogP contribution in [0.3, 0.4) is 0 Å². The predicted molar refractivity (Wildman–Crippen MR) is 114 cm³/mol. The molecular weight excluding hydrogens is 414 g/mol. The predicted octanol–water partition coefficient (Wildman–Crippen LogP) is 3.84. The number of carbonyl (C=O) groups excluding carboxylic acids is 1. The van der Waals surface area contributed by atoms with Gasteiger partial charge in [-0.1, -0.05) is 0 Å². The van der Waals surface area contributed by atoms with Crippen molar-refractivity contribution in [2.75, 3.05) is 7.05 Å². The smallest absolute Gasteiger partial charge is 0.254 e. The highest BCUT2D eigenvalue weighted by Crippen LogP contribution is 2.23. The van der Waals surface area contributed by atoms with Crippen molar-refractivity contribution in [3.63, 3.8) is 0 Å². The molecule has 0 radical (unpaired) electrons. The molecule has 32 heavy (non-hydrogen) atoms. The lowest BCUT2D eigenvalue weighted by molar-refractivity contribution is 0.0728. The summed E-state index contributed by atoms with van der Waals surface area (Å²) in [4.78, 5) is 27.1. The van der Waals surface area contributed by atoms with Gasteiger partial charge in [-0.15, -0.1) is 0 Å². The van der Waals surface area contributed by atoms with Crippen LogP contribution in [0, 0.1) is 11.6 Å². The summed E-state index contributed by atoms with van der Waals surface area (Å²) < 4.78 is 28.7. The molecule has 0 fully saturated rings. The van der Waals surface area contributed by atoms with Crippen LogP contribution in [0.2, 0.25) is 0 Å². The molecule has 1 amide bonds. The minimum absolute atomic E-state index is 0.183. The first-order chi connectivity index (χ1) is 15.4. The summed E-state index contributed by atoms with van der Waals surface area (Å²) in [7, 11) is 1.65. The number of benzene rings is 1. The van der Waals surface area contributed by atoms with E-state index < -0.39 is 11.6 Å². The normalized spacial score (nSPS) is 11.9. The van der Waals surface area contributed by atoms with Gasteiger partial charge in [0.15, 0.2) is 5.82 Å². The van der Waals surface area contributed by atoms with Crippen LogP contribution >= 0.6 is 0 Å². The lowest BCUT2D eigenvalue weighted by Gasteiger charge is -2.26. The molecule has 1 unspecified atom stereocenters. The van der Waals surface area contributed by atoms with Crippen LogP contribution in [0.4, 0.5) is 8.78 Å². The largest absolute Gasteiger partial charge is 0.337 e. The van der Waals surface area contributed by atoms with Crippen LogP contribution in [0.15, 0.2) is 67.3 Å². The Morgan fingerprint density at radius 1 is 1.03 bits per heavy atom. The monoisotopic (exact) mass is 434 g/mol. The molecule has 1 aromatic carbocycles. The summed E-state index contributed by atoms with van der Waals surface area (Å²) >= 11 is 0. The third-order valence-electron chi connectivity index (χ3n) is 5.08. The van der Waals surface area contributed by atoms with Crippen LogP contribution in [0.5, 0.6) is 0 Å². The van der Waals surface area contributed by atoms with Crippen LogP contribution in [0.25, 0.3) is 22.8 Å². The molecule has 0 bridgehead atoms. The van der Waals surface area contributed by atoms with E-state index in [1.54, 1.807) is 48.5 Å². The first-order valence-corrected chi connectivity index (χ1v) is 9.92. The zero-order valence-electron chi connectivity index (χ0n) is 17.5. The maximum Gasteiger partial charge on any atom is 0.254 e. The molecule has 0 saturated heterocycles. The molecule has 162 valence electrons. The van der Waals surface area contributed by atoms with Crippen molar-refractivity contribution in [3.05, 3.63) is 84.4 Å². The number of amides is 1. The number of nitrogens with zero attached hydrogens (tertiary/aromatic N) is 6. The Kier molecular flexibility index (Phi) is 5.98. The Hall–Kier alpha value is -4.01. The van der Waals surface area contributed by atoms with Gasteiger partial charge in [-0.3, -0.25) is 14.5 Å². The number of halogens is 2. The zero-order valence-corrected chi connectivity index (χ0v) is 17.5. The van der Waals surface area contributed by atoms with E-state index >= 15 is 0 Å². The second-order valence-electron chi connectivity index (χ2n) is 7.31. The highest BCUT2D eigenvalue weighted by molar-refractivity contribution is 6.00. The van der Waals surface area contributed by atoms with Gasteiger partial charge < -0.3 is 4.90 Å². The van der Waals surface area contributed by atoms with Crippen molar-refractivity contribution in [1.82, 2.24) is 29.6 Å². The number of aromatic nitrogens is 5. The molecular formula is C23H20F2N6O. The number of pyridine rings is 1. The van der Waals surface area contributed by atoms with Crippen molar-refractivity contribution in [1.29, 1.82) is 0 Å². The fourth-order valence-corrected chi connectivity index (χ4v) is 3.24. The van der Waals surface area contributed by atoms with Gasteiger partial charge in [0.2, 0.25) is 0 Å². The average molecular weight is 434 g/mol. The van der Waals surface area contributed by atoms with Gasteiger partial charge in [-0.25, -0.2) is 18.7 Å². The third-order valence-corrected chi connectivity index (χ3v) is 5.08. The summed E-state index contributed by atoms with van der Waals surface area (Å²) in [6.45, 7) is 2.27. The lowest BCUT2D eigenvalue weighted by atomic mass is 10.0. The average Bonchev–Trinajstić information content (AvgIpc) is 3.27. The van der Waals surface area contributed by atoms with E-state index in [4.69, 9.17) is 0 Å². The van der Waals surface area contributed by atoms with Crippen molar-refractivity contribution in [3.8, 4) is 22.8 Å². The molecule has 3 aromatic heterocycles. The molecule has 0 saturated carbocycles. The van der Waals surface area contributed by atoms with E-state index in [2.05, 4.69) is 20.1 Å². The Labute approximate surface area is 183 Å². The van der Waals surface area contributed by atoms with E-state index in [1.807, 2.05) is 6.92 Å². The highest BCUT2D eigenvalue weighted by Gasteiger charge is 2.23. The van der Waals surface area contributed by atoms with Gasteiger partial charge in [0.1, 0.15) is 17.3 Å². The summed E-state index contributed by atoms with van der Waals surface area (Å²) in [6, 6.07) is 10.0. The van der Waals surface area contributed by atoms with Crippen molar-refractivity contribution >= 4 is 5.91 Å². The quantitative estimate of drug-likeness (QED) is 0.461. The van der Waals surface area contributed by atoms with Crippen LogP contribution < -0.4 is 0 Å². The fraction of sp³-hybridized carbons (Fsp3) is 0.174. The molecule has 4 rings (SSSR count). The fourth-order valence-electron chi connectivity index (χ4n) is 3.24. The zero-order chi connectivity index (χ0) is 22.7. The first kappa shape index (κ1) is 21.2. The highest BCUT2D eigenvalue weighted by atomic mass is 19.1. The number of likely N-dealkylation sites (N-methyl/N-ethyl adjacent to an activating group) is 1. The first-order valence-electron chi connectivity index (χ1n) is 9.92. The van der Waals surface area contributed by atoms with Gasteiger partial charge in [0, 0.05) is 37.2 Å². The summed E-state index contributed by atoms with van der Waals surface area (Å²) in [5, 5.41) is 4.46. The minimum Gasteiger partial charge on any atom is -0.337 e. The van der Waals surface area contributed by atoms with Gasteiger partial charge >= 0.3 is 0 Å². The Bertz CT molecular complexity index is 1230. The van der Waals surface area contributed by atoms with E-state index in [0.29, 0.717) is 29.3 Å². The molecule has 1 atom stereocenters. The summed E-state index contributed by atoms with van der Waals surface area (Å²) in [5.41, 5.74) is 1.79. The molecule has 0 aliphatic heterocycles. The Morgan fingerprint density at radius 3 is 2.50 bits per heavy atom. The Morgan fingerprint density at radius 2 is 1.78 bits per heavy atom. The second-order valence-corrected chi connectivity index (χ2v) is 7.31. The van der Waals surface area contributed by atoms with Gasteiger partial charge in [-0.2, -0.15) is 5.10 Å². The molecule has 4 aromatic rings. The summed E-state index contributed by atoms with van der Waals surface area (Å²) in [5.74, 6) is -0.940. The van der Waals surface area contributed by atoms with E-state index in [1.165, 1.54) is 29.2 Å². The second kappa shape index (κ2) is 9.01. The molecule has 0 aliphatic rings. The third kappa shape index (κ3) is 4.51. The SMILES string of the molecule is CC(Cn1ccc(-c2ccc(F)cn2)n1)N(C)C(=O)c1cc(F)ccc1-c1ncccn1. The molecule has 9 heteroatoms. The van der Waals surface area contributed by atoms with Crippen LogP contribution in [-0.4, -0.2) is 48.6 Å². The van der Waals surface area contributed by atoms with Crippen molar-refractivity contribution in [2.24, 2.45) is 0 Å². The van der Waals surface area contributed by atoms with E-state index in [0.717, 1.165) is 6.20 Å². The van der Waals surface area contributed by atoms with Gasteiger partial charge in [-0.05, 0) is 49.4 Å². The summed E-state index contributed by atoms with van der Waals surface area (Å²) in [6.07, 6.45) is 6.03. The number of rotatable bonds is 6. The topological polar surface area (TPSA) is 76.8 Å². The molecule has 3 heterocycles. The molecule has 0 N–H and O–H groups in total. The molecule has 0 aliphatic carbocycles. The maximum absolute atomic E-state index is 14.0. The van der Waals surface area contributed by atoms with Crippen molar-refractivity contribution < 1.29 is 13.6 Å². The van der Waals surface area contributed by atoms with E-state index in [-0.39, 0.29) is 17.5 Å². The van der Waals surface area contributed by atoms with Crippen molar-refractivity contribution in [2.45, 2.75) is 19.5 Å². The number of carbonyl (C=O) groups is 1. The molecule has 0 spiro atoms. The van der Waals surface area contributed by atoms with Gasteiger partial charge in [0.25, 0.3) is 5.91 Å². The minimum atomic E-state index is -0.516. The Balaban J connectivity index is 1.53. The van der Waals surface area contributed by atoms with E-state index in [9.17, 15) is 13.6 Å². The van der Waals surface area contributed by atoms with Gasteiger partial charge in [0.05, 0.1) is 24.0 Å². The maximum atomic E-state index is 14.0. The standard InChI is InChI=1S/C23H20F2N6O/c1-15(14-31-11-8-21(29-31)20-7-5-17(25)13-28-20)30(2)23(32)19-12-16(24)4-6-18(19)22-26-9-3-10-27-22/h3-13,15H,14H2,1-2H3. The number of hydrogen-bond acceptors (Lipinski definition) is 5. The molecule has 7 nitrogen and oxygen atoms in total. The van der Waals surface area contributed by atoms with Crippen LogP contribution in [-0.2, 0) is 6.54 Å². The number of hydrogen-bond donors (Lipinski definition) is 0. The van der Waals surface area contributed by atoms with Crippen LogP contribution in [0.1, 0.15) is 17.3 Å². The lowest BCUT2D eigenvalue weighted by Crippen LogP contribution is -2.38.